The molecule has 2 atom stereocenters. The average molecular weight is 373 g/mol. The van der Waals surface area contributed by atoms with Crippen molar-refractivity contribution in [1.29, 1.82) is 0 Å². The molecule has 0 aliphatic carbocycles. The van der Waals surface area contributed by atoms with Crippen LogP contribution in [0.2, 0.25) is 0 Å². The first kappa shape index (κ1) is 17.3. The van der Waals surface area contributed by atoms with E-state index in [0.29, 0.717) is 29.4 Å². The summed E-state index contributed by atoms with van der Waals surface area (Å²) in [4.78, 5) is 26.5. The summed E-state index contributed by atoms with van der Waals surface area (Å²) < 4.78 is 15.6. The van der Waals surface area contributed by atoms with E-state index in [4.69, 9.17) is 9.47 Å². The lowest BCUT2D eigenvalue weighted by Crippen LogP contribution is -2.46. The summed E-state index contributed by atoms with van der Waals surface area (Å²) >= 11 is 0. The van der Waals surface area contributed by atoms with Crippen molar-refractivity contribution < 1.29 is 28.8 Å². The Morgan fingerprint density at radius 2 is 2.22 bits per heavy atom. The second-order valence-corrected chi connectivity index (χ2v) is 6.95. The molecule has 1 saturated heterocycles. The number of benzene rings is 1. The zero-order valence-electron chi connectivity index (χ0n) is 15.0. The van der Waals surface area contributed by atoms with Crippen LogP contribution < -0.4 is 9.47 Å². The molecule has 0 radical (unpaired) electrons. The van der Waals surface area contributed by atoms with Crippen LogP contribution in [-0.2, 0) is 16.0 Å². The molecule has 0 saturated carbocycles. The molecule has 1 amide bonds. The zero-order chi connectivity index (χ0) is 19.2. The fourth-order valence-corrected chi connectivity index (χ4v) is 3.85. The van der Waals surface area contributed by atoms with Crippen molar-refractivity contribution in [3.05, 3.63) is 35.2 Å². The molecule has 0 spiro atoms. The van der Waals surface area contributed by atoms with Gasteiger partial charge in [-0.15, -0.1) is 0 Å². The number of fused-ring (bicyclic) bond motifs is 3. The van der Waals surface area contributed by atoms with Crippen LogP contribution in [0.15, 0.2) is 22.8 Å². The highest BCUT2D eigenvalue weighted by Gasteiger charge is 2.57. The minimum atomic E-state index is -1.17. The van der Waals surface area contributed by atoms with Gasteiger partial charge in [0.05, 0.1) is 13.5 Å². The molecule has 0 unspecified atom stereocenters. The highest BCUT2D eigenvalue weighted by molar-refractivity contribution is 5.84. The van der Waals surface area contributed by atoms with Gasteiger partial charge in [0.15, 0.2) is 0 Å². The van der Waals surface area contributed by atoms with Crippen LogP contribution in [-0.4, -0.2) is 59.0 Å². The van der Waals surface area contributed by atoms with Gasteiger partial charge < -0.3 is 19.5 Å². The van der Waals surface area contributed by atoms with Gasteiger partial charge in [0.25, 0.3) is 0 Å². The minimum absolute atomic E-state index is 0.00148. The molecule has 2 aromatic rings. The van der Waals surface area contributed by atoms with Crippen molar-refractivity contribution in [2.45, 2.75) is 19.3 Å². The van der Waals surface area contributed by atoms with Gasteiger partial charge in [-0.1, -0.05) is 16.4 Å². The summed E-state index contributed by atoms with van der Waals surface area (Å²) in [5, 5.41) is 17.4. The van der Waals surface area contributed by atoms with Crippen LogP contribution >= 0.6 is 0 Å². The summed E-state index contributed by atoms with van der Waals surface area (Å²) in [5.74, 6) is -0.300. The molecule has 1 fully saturated rings. The molecule has 1 aromatic carbocycles. The number of amides is 1. The van der Waals surface area contributed by atoms with Gasteiger partial charge in [-0.05, 0) is 13.0 Å². The Hall–Kier alpha value is -3.10. The van der Waals surface area contributed by atoms with Crippen molar-refractivity contribution in [3.63, 3.8) is 0 Å². The van der Waals surface area contributed by atoms with Crippen LogP contribution in [0.4, 0.5) is 0 Å². The number of methoxy groups -OCH3 is 1. The second-order valence-electron chi connectivity index (χ2n) is 6.95. The number of carboxylic acid groups (broad SMARTS) is 1. The Morgan fingerprint density at radius 1 is 1.41 bits per heavy atom. The van der Waals surface area contributed by atoms with Crippen LogP contribution in [0.3, 0.4) is 0 Å². The molecule has 2 aliphatic heterocycles. The molecule has 3 heterocycles. The fraction of sp³-hybridized carbons (Fsp3) is 0.444. The number of likely N-dealkylation sites (tertiary alicyclic amines) is 1. The highest BCUT2D eigenvalue weighted by Crippen LogP contribution is 2.50. The number of aliphatic carboxylic acids is 1. The Labute approximate surface area is 154 Å². The van der Waals surface area contributed by atoms with Crippen molar-refractivity contribution in [1.82, 2.24) is 15.2 Å². The molecule has 0 bridgehead atoms. The number of nitrogens with zero attached hydrogens (tertiary/aromatic N) is 3. The van der Waals surface area contributed by atoms with Gasteiger partial charge in [-0.25, -0.2) is 4.63 Å². The lowest BCUT2D eigenvalue weighted by molar-refractivity contribution is -0.152. The van der Waals surface area contributed by atoms with Crippen LogP contribution in [0.25, 0.3) is 0 Å². The topological polar surface area (TPSA) is 115 Å². The molecular formula is C18H19N3O6. The van der Waals surface area contributed by atoms with Gasteiger partial charge in [0.1, 0.15) is 34.9 Å². The largest absolute Gasteiger partial charge is 0.497 e. The summed E-state index contributed by atoms with van der Waals surface area (Å²) in [6.07, 6.45) is 0.0219. The average Bonchev–Trinajstić information content (AvgIpc) is 3.26. The summed E-state index contributed by atoms with van der Waals surface area (Å²) in [6, 6.07) is 5.33. The summed E-state index contributed by atoms with van der Waals surface area (Å²) in [5.41, 5.74) is 0.613. The zero-order valence-corrected chi connectivity index (χ0v) is 15.0. The molecule has 1 aromatic heterocycles. The standard InChI is InChI=1S/C18H19N3O6/c1-10-14(20-27-19-10)6-16(22)21-7-13-12-4-3-11(25-2)5-15(12)26-9-18(13,8-21)17(23)24/h3-5,13H,6-9H2,1-2H3,(H,23,24)/t13-,18-/m1/s1. The second kappa shape index (κ2) is 6.26. The first-order chi connectivity index (χ1) is 12.9. The number of ether oxygens (including phenoxy) is 2. The van der Waals surface area contributed by atoms with Crippen molar-refractivity contribution in [3.8, 4) is 11.5 Å². The number of aromatic nitrogens is 2. The first-order valence-electron chi connectivity index (χ1n) is 8.54. The van der Waals surface area contributed by atoms with Gasteiger partial charge in [-0.3, -0.25) is 9.59 Å². The Kier molecular flexibility index (Phi) is 4.01. The van der Waals surface area contributed by atoms with Gasteiger partial charge in [-0.2, -0.15) is 0 Å². The molecule has 142 valence electrons. The number of hydrogen-bond acceptors (Lipinski definition) is 7. The molecule has 9 nitrogen and oxygen atoms in total. The van der Waals surface area contributed by atoms with E-state index in [-0.39, 0.29) is 31.4 Å². The predicted molar refractivity (Wildman–Crippen MR) is 90.6 cm³/mol. The lowest BCUT2D eigenvalue weighted by atomic mass is 9.73. The predicted octanol–water partition coefficient (Wildman–Crippen LogP) is 1.02. The third kappa shape index (κ3) is 2.70. The summed E-state index contributed by atoms with van der Waals surface area (Å²) in [6.45, 7) is 2.10. The Morgan fingerprint density at radius 3 is 2.89 bits per heavy atom. The van der Waals surface area contributed by atoms with E-state index in [0.717, 1.165) is 5.56 Å². The number of hydrogen-bond donors (Lipinski definition) is 1. The Balaban J connectivity index is 1.64. The van der Waals surface area contributed by atoms with Crippen LogP contribution in [0.1, 0.15) is 22.9 Å². The van der Waals surface area contributed by atoms with E-state index in [1.54, 1.807) is 31.1 Å². The normalized spacial score (nSPS) is 23.3. The monoisotopic (exact) mass is 373 g/mol. The van der Waals surface area contributed by atoms with Crippen molar-refractivity contribution in [2.24, 2.45) is 5.41 Å². The van der Waals surface area contributed by atoms with E-state index >= 15 is 0 Å². The molecule has 2 aliphatic rings. The third-order valence-electron chi connectivity index (χ3n) is 5.47. The number of carbonyl (C=O) groups excluding carboxylic acids is 1. The van der Waals surface area contributed by atoms with Gasteiger partial charge in [0.2, 0.25) is 5.91 Å². The number of aryl methyl sites for hydroxylation is 1. The molecule has 1 N–H and O–H groups in total. The maximum atomic E-state index is 12.7. The SMILES string of the molecule is COc1ccc2c(c1)OC[C@]1(C(=O)O)CN(C(=O)Cc3nonc3C)C[C@H]21. The van der Waals surface area contributed by atoms with Crippen molar-refractivity contribution >= 4 is 11.9 Å². The quantitative estimate of drug-likeness (QED) is 0.845. The maximum absolute atomic E-state index is 12.7. The van der Waals surface area contributed by atoms with Crippen molar-refractivity contribution in [2.75, 3.05) is 26.8 Å². The van der Waals surface area contributed by atoms with E-state index < -0.39 is 11.4 Å². The smallest absolute Gasteiger partial charge is 0.315 e. The van der Waals surface area contributed by atoms with E-state index in [1.165, 1.54) is 0 Å². The molecule has 4 rings (SSSR count). The van der Waals surface area contributed by atoms with E-state index in [9.17, 15) is 14.7 Å². The first-order valence-corrected chi connectivity index (χ1v) is 8.54. The third-order valence-corrected chi connectivity index (χ3v) is 5.47. The Bertz CT molecular complexity index is 910. The molecule has 9 heteroatoms. The number of carbonyl (C=O) groups is 2. The van der Waals surface area contributed by atoms with E-state index in [1.807, 2.05) is 6.07 Å². The summed E-state index contributed by atoms with van der Waals surface area (Å²) in [7, 11) is 1.56. The maximum Gasteiger partial charge on any atom is 0.315 e. The highest BCUT2D eigenvalue weighted by atomic mass is 16.6. The molecular weight excluding hydrogens is 354 g/mol. The lowest BCUT2D eigenvalue weighted by Gasteiger charge is -2.35. The van der Waals surface area contributed by atoms with Gasteiger partial charge in [0, 0.05) is 30.6 Å². The van der Waals surface area contributed by atoms with E-state index in [2.05, 4.69) is 14.9 Å². The van der Waals surface area contributed by atoms with Crippen LogP contribution in [0, 0.1) is 12.3 Å². The fourth-order valence-electron chi connectivity index (χ4n) is 3.85. The number of carboxylic acids is 1. The van der Waals surface area contributed by atoms with Gasteiger partial charge >= 0.3 is 5.97 Å². The molecule has 27 heavy (non-hydrogen) atoms. The number of rotatable bonds is 4. The minimum Gasteiger partial charge on any atom is -0.497 e. The van der Waals surface area contributed by atoms with Crippen LogP contribution in [0.5, 0.6) is 11.5 Å².